The van der Waals surface area contributed by atoms with Crippen LogP contribution in [0, 0.1) is 0 Å². The molecule has 0 aromatic heterocycles. The first-order chi connectivity index (χ1) is 21.8. The topological polar surface area (TPSA) is 110 Å². The molecule has 236 valence electrons. The predicted octanol–water partition coefficient (Wildman–Crippen LogP) is 7.63. The molecular formula is C37H37N2O7+. The number of carboxylic acid groups (broad SMARTS) is 1. The second-order valence-electron chi connectivity index (χ2n) is 11.8. The first-order valence-electron chi connectivity index (χ1n) is 14.5. The Balaban J connectivity index is 1.55. The molecular weight excluding hydrogens is 584 g/mol. The lowest BCUT2D eigenvalue weighted by molar-refractivity contribution is -0.116. The number of aromatic carboxylic acids is 1. The number of benzene rings is 4. The van der Waals surface area contributed by atoms with Crippen molar-refractivity contribution in [2.24, 2.45) is 0 Å². The average Bonchev–Trinajstić information content (AvgIpc) is 3.03. The van der Waals surface area contributed by atoms with Gasteiger partial charge in [-0.15, -0.1) is 0 Å². The van der Waals surface area contributed by atoms with Crippen molar-refractivity contribution in [1.82, 2.24) is 4.48 Å². The van der Waals surface area contributed by atoms with Crippen LogP contribution in [-0.4, -0.2) is 49.1 Å². The van der Waals surface area contributed by atoms with Crippen LogP contribution in [0.5, 0.6) is 5.75 Å². The fraction of sp³-hybridized carbons (Fsp3) is 0.189. The van der Waals surface area contributed by atoms with Gasteiger partial charge in [0.2, 0.25) is 5.91 Å². The van der Waals surface area contributed by atoms with Crippen LogP contribution >= 0.6 is 0 Å². The number of ether oxygens (including phenoxy) is 2. The fourth-order valence-corrected chi connectivity index (χ4v) is 4.88. The number of quaternary nitrogens is 1. The van der Waals surface area contributed by atoms with E-state index in [1.807, 2.05) is 57.2 Å². The first-order valence-corrected chi connectivity index (χ1v) is 14.5. The molecule has 46 heavy (non-hydrogen) atoms. The minimum atomic E-state index is -1.07. The highest BCUT2D eigenvalue weighted by Gasteiger charge is 2.28. The summed E-state index contributed by atoms with van der Waals surface area (Å²) < 4.78 is 10.4. The van der Waals surface area contributed by atoms with Gasteiger partial charge in [0.1, 0.15) is 28.3 Å². The molecule has 9 heteroatoms. The Labute approximate surface area is 268 Å². The summed E-state index contributed by atoms with van der Waals surface area (Å²) in [5.41, 5.74) is 4.08. The van der Waals surface area contributed by atoms with Crippen LogP contribution in [0.4, 0.5) is 22.7 Å². The van der Waals surface area contributed by atoms with E-state index in [2.05, 4.69) is 0 Å². The van der Waals surface area contributed by atoms with Crippen molar-refractivity contribution in [3.8, 4) is 5.75 Å². The zero-order valence-electron chi connectivity index (χ0n) is 26.7. The normalized spacial score (nSPS) is 12.7. The smallest absolute Gasteiger partial charge is 0.339 e. The van der Waals surface area contributed by atoms with Gasteiger partial charge in [-0.1, -0.05) is 18.2 Å². The van der Waals surface area contributed by atoms with Crippen LogP contribution in [0.1, 0.15) is 59.5 Å². The number of hydrogen-bond donors (Lipinski definition) is 1. The van der Waals surface area contributed by atoms with Crippen molar-refractivity contribution in [2.75, 3.05) is 19.1 Å². The minimum Gasteiger partial charge on any atom is -0.487 e. The number of esters is 1. The Morgan fingerprint density at radius 2 is 1.28 bits per heavy atom. The molecule has 4 aromatic carbocycles. The second kappa shape index (κ2) is 13.6. The quantitative estimate of drug-likeness (QED) is 0.0839. The van der Waals surface area contributed by atoms with Crippen LogP contribution in [0.15, 0.2) is 91.0 Å². The SMILES string of the molecule is COC(=O)c1ccc(N(C(C)=O)c2ccc([N+](C)(C=O)c3ccc(/C=C/c4ccc(OC(C)(C)C)c(C(=O)O)c4)cc3)cc2)cc1. The molecule has 0 saturated heterocycles. The molecule has 9 nitrogen and oxygen atoms in total. The maximum Gasteiger partial charge on any atom is 0.339 e. The molecule has 1 atom stereocenters. The number of nitrogens with zero attached hydrogens (tertiary/aromatic N) is 2. The zero-order chi connectivity index (χ0) is 33.6. The molecule has 4 rings (SSSR count). The molecule has 0 aliphatic heterocycles. The van der Waals surface area contributed by atoms with Crippen LogP contribution in [0.2, 0.25) is 0 Å². The monoisotopic (exact) mass is 621 g/mol. The highest BCUT2D eigenvalue weighted by molar-refractivity contribution is 6.00. The van der Waals surface area contributed by atoms with Crippen molar-refractivity contribution >= 4 is 59.2 Å². The molecule has 0 aliphatic carbocycles. The number of methoxy groups -OCH3 is 1. The Hall–Kier alpha value is -5.54. The molecule has 0 saturated carbocycles. The van der Waals surface area contributed by atoms with E-state index in [9.17, 15) is 24.3 Å². The summed E-state index contributed by atoms with van der Waals surface area (Å²) in [5.74, 6) is -1.44. The number of rotatable bonds is 10. The molecule has 0 radical (unpaired) electrons. The number of carbonyl (C=O) groups excluding carboxylic acids is 3. The van der Waals surface area contributed by atoms with E-state index < -0.39 is 17.5 Å². The molecule has 0 fully saturated rings. The fourth-order valence-electron chi connectivity index (χ4n) is 4.88. The van der Waals surface area contributed by atoms with Gasteiger partial charge in [-0.05, 0) is 92.6 Å². The van der Waals surface area contributed by atoms with Gasteiger partial charge in [0.25, 0.3) is 0 Å². The van der Waals surface area contributed by atoms with Gasteiger partial charge in [0.05, 0.1) is 19.7 Å². The third-order valence-electron chi connectivity index (χ3n) is 7.26. The number of carboxylic acids is 1. The van der Waals surface area contributed by atoms with Crippen molar-refractivity contribution in [3.63, 3.8) is 0 Å². The Morgan fingerprint density at radius 3 is 1.76 bits per heavy atom. The standard InChI is InChI=1S/C37H36N2O7/c1-25(41)38(29-14-12-28(13-15-29)36(44)45-6)30-16-20-32(21-17-30)39(5,24-40)31-18-9-26(10-19-31)7-8-27-11-22-34(46-37(2,3)4)33(23-27)35(42)43/h7-24H,1-6H3/p+1/b8-7+. The summed E-state index contributed by atoms with van der Waals surface area (Å²) in [6.07, 6.45) is 4.52. The summed E-state index contributed by atoms with van der Waals surface area (Å²) in [4.78, 5) is 50.2. The predicted molar refractivity (Wildman–Crippen MR) is 180 cm³/mol. The van der Waals surface area contributed by atoms with E-state index in [-0.39, 0.29) is 16.0 Å². The summed E-state index contributed by atoms with van der Waals surface area (Å²) in [5, 5.41) is 9.68. The van der Waals surface area contributed by atoms with Gasteiger partial charge < -0.3 is 14.6 Å². The molecule has 0 aliphatic rings. The van der Waals surface area contributed by atoms with Crippen molar-refractivity contribution in [2.45, 2.75) is 33.3 Å². The van der Waals surface area contributed by atoms with Gasteiger partial charge >= 0.3 is 18.3 Å². The van der Waals surface area contributed by atoms with Crippen molar-refractivity contribution in [1.29, 1.82) is 0 Å². The summed E-state index contributed by atoms with van der Waals surface area (Å²) in [6, 6.07) is 26.2. The Bertz CT molecular complexity index is 1770. The van der Waals surface area contributed by atoms with Gasteiger partial charge in [-0.3, -0.25) is 9.69 Å². The van der Waals surface area contributed by atoms with Crippen molar-refractivity contribution in [3.05, 3.63) is 113 Å². The third-order valence-corrected chi connectivity index (χ3v) is 7.26. The molecule has 0 spiro atoms. The number of carbonyl (C=O) groups is 4. The highest BCUT2D eigenvalue weighted by atomic mass is 16.5. The van der Waals surface area contributed by atoms with Gasteiger partial charge in [-0.2, -0.15) is 0 Å². The molecule has 0 heterocycles. The average molecular weight is 622 g/mol. The van der Waals surface area contributed by atoms with Gasteiger partial charge in [0, 0.05) is 42.6 Å². The number of amides is 2. The summed E-state index contributed by atoms with van der Waals surface area (Å²) in [6.45, 7) is 7.03. The van der Waals surface area contributed by atoms with Crippen molar-refractivity contribution < 1.29 is 33.8 Å². The van der Waals surface area contributed by atoms with E-state index in [4.69, 9.17) is 9.47 Å². The van der Waals surface area contributed by atoms with E-state index in [1.54, 1.807) is 73.8 Å². The maximum atomic E-state index is 12.6. The molecule has 4 aromatic rings. The zero-order valence-corrected chi connectivity index (χ0v) is 26.7. The van der Waals surface area contributed by atoms with Gasteiger partial charge in [-0.25, -0.2) is 18.9 Å². The Kier molecular flexibility index (Phi) is 9.88. The highest BCUT2D eigenvalue weighted by Crippen LogP contribution is 2.35. The number of hydrogen-bond acceptors (Lipinski definition) is 6. The van der Waals surface area contributed by atoms with E-state index in [1.165, 1.54) is 18.9 Å². The molecule has 1 N–H and O–H groups in total. The van der Waals surface area contributed by atoms with E-state index in [0.717, 1.165) is 17.7 Å². The molecule has 0 bridgehead atoms. The van der Waals surface area contributed by atoms with Crippen LogP contribution in [0.25, 0.3) is 12.2 Å². The number of anilines is 2. The lowest BCUT2D eigenvalue weighted by Gasteiger charge is -2.27. The molecule has 2 amide bonds. The van der Waals surface area contributed by atoms with Crippen LogP contribution < -0.4 is 14.1 Å². The van der Waals surface area contributed by atoms with Gasteiger partial charge in [0.15, 0.2) is 0 Å². The maximum absolute atomic E-state index is 12.6. The lowest BCUT2D eigenvalue weighted by Crippen LogP contribution is -2.37. The first kappa shape index (κ1) is 33.4. The van der Waals surface area contributed by atoms with E-state index in [0.29, 0.717) is 33.9 Å². The largest absolute Gasteiger partial charge is 0.487 e. The molecule has 1 unspecified atom stereocenters. The summed E-state index contributed by atoms with van der Waals surface area (Å²) >= 11 is 0. The van der Waals surface area contributed by atoms with Crippen LogP contribution in [0.3, 0.4) is 0 Å². The lowest BCUT2D eigenvalue weighted by atomic mass is 10.1. The van der Waals surface area contributed by atoms with E-state index >= 15 is 0 Å². The summed E-state index contributed by atoms with van der Waals surface area (Å²) in [7, 11) is 3.08. The second-order valence-corrected chi connectivity index (χ2v) is 11.8. The third kappa shape index (κ3) is 7.57. The minimum absolute atomic E-state index is 0.0837. The van der Waals surface area contributed by atoms with Crippen LogP contribution in [-0.2, 0) is 14.3 Å². The Morgan fingerprint density at radius 1 is 0.783 bits per heavy atom.